The zero-order valence-electron chi connectivity index (χ0n) is 28.1. The molecule has 4 aromatic rings. The molecule has 10 nitrogen and oxygen atoms in total. The molecule has 258 valence electrons. The zero-order chi connectivity index (χ0) is 34.6. The predicted octanol–water partition coefficient (Wildman–Crippen LogP) is 5.94. The maximum Gasteiger partial charge on any atom is 0.223 e. The van der Waals surface area contributed by atoms with Crippen LogP contribution >= 0.6 is 11.6 Å². The van der Waals surface area contributed by atoms with Crippen molar-refractivity contribution in [2.24, 2.45) is 13.0 Å². The Labute approximate surface area is 287 Å². The van der Waals surface area contributed by atoms with Gasteiger partial charge in [0.05, 0.1) is 35.9 Å². The molecule has 2 aromatic carbocycles. The fourth-order valence-corrected chi connectivity index (χ4v) is 7.94. The summed E-state index contributed by atoms with van der Waals surface area (Å²) in [5.74, 6) is -1.02. The monoisotopic (exact) mass is 696 g/mol. The molecule has 0 atom stereocenters. The van der Waals surface area contributed by atoms with E-state index in [-0.39, 0.29) is 36.4 Å². The molecule has 0 aliphatic heterocycles. The van der Waals surface area contributed by atoms with Gasteiger partial charge in [-0.05, 0) is 75.3 Å². The largest absolute Gasteiger partial charge is 0.494 e. The number of fused-ring (bicyclic) bond motifs is 1. The van der Waals surface area contributed by atoms with Crippen LogP contribution in [0, 0.1) is 26.7 Å². The summed E-state index contributed by atoms with van der Waals surface area (Å²) in [6, 6.07) is 9.48. The topological polar surface area (TPSA) is 143 Å². The fraction of sp³-hybridized carbons (Fsp3) is 0.472. The molecule has 3 N–H and O–H groups in total. The number of aryl methyl sites for hydroxylation is 4. The van der Waals surface area contributed by atoms with Crippen LogP contribution in [0.4, 0.5) is 0 Å². The van der Waals surface area contributed by atoms with Crippen LogP contribution in [0.15, 0.2) is 30.3 Å². The van der Waals surface area contributed by atoms with E-state index in [1.807, 2.05) is 51.1 Å². The standard InChI is InChI=1S/C36H45ClN4O6S/c1-22-18-26(19-23(2)33(22)37)47-16-9-14-28-27-12-8-13-29(32-24(3)41(4)40-30(32)20-42)34(27)39-35(28)31(43)21-48(45,46)17-15-38-36(44)25-10-6-5-7-11-25/h8,12-13,18-19,25,39,42H,5-7,9-11,14-17,20-21H2,1-4H3,(H,38,44). The number of para-hydroxylation sites is 1. The summed E-state index contributed by atoms with van der Waals surface area (Å²) in [4.78, 5) is 29.6. The van der Waals surface area contributed by atoms with Gasteiger partial charge in [-0.15, -0.1) is 0 Å². The van der Waals surface area contributed by atoms with E-state index in [9.17, 15) is 23.1 Å². The number of aromatic nitrogens is 3. The number of halogens is 1. The quantitative estimate of drug-likeness (QED) is 0.109. The third-order valence-corrected chi connectivity index (χ3v) is 11.5. The van der Waals surface area contributed by atoms with Gasteiger partial charge in [-0.2, -0.15) is 5.10 Å². The molecular formula is C36H45ClN4O6S. The number of ether oxygens (including phenoxy) is 1. The minimum absolute atomic E-state index is 0.0279. The first-order chi connectivity index (χ1) is 22.9. The van der Waals surface area contributed by atoms with Gasteiger partial charge in [0.25, 0.3) is 0 Å². The van der Waals surface area contributed by atoms with Crippen LogP contribution < -0.4 is 10.1 Å². The number of Topliss-reactive ketones (excluding diaryl/α,β-unsaturated/α-hetero) is 1. The fourth-order valence-electron chi connectivity index (χ4n) is 6.73. The molecule has 1 aliphatic carbocycles. The first kappa shape index (κ1) is 35.6. The number of nitrogens with zero attached hydrogens (tertiary/aromatic N) is 2. The summed E-state index contributed by atoms with van der Waals surface area (Å²) < 4.78 is 34.1. The van der Waals surface area contributed by atoms with Crippen molar-refractivity contribution >= 4 is 44.0 Å². The highest BCUT2D eigenvalue weighted by molar-refractivity contribution is 7.92. The number of aliphatic hydroxyl groups is 1. The molecule has 2 heterocycles. The van der Waals surface area contributed by atoms with Crippen molar-refractivity contribution in [1.82, 2.24) is 20.1 Å². The second-order valence-electron chi connectivity index (χ2n) is 12.9. The van der Waals surface area contributed by atoms with E-state index in [1.54, 1.807) is 11.7 Å². The lowest BCUT2D eigenvalue weighted by Crippen LogP contribution is -2.36. The Kier molecular flexibility index (Phi) is 11.3. The van der Waals surface area contributed by atoms with E-state index in [4.69, 9.17) is 16.3 Å². The summed E-state index contributed by atoms with van der Waals surface area (Å²) in [5.41, 5.74) is 6.33. The van der Waals surface area contributed by atoms with Gasteiger partial charge in [0.15, 0.2) is 15.6 Å². The van der Waals surface area contributed by atoms with E-state index in [0.717, 1.165) is 65.4 Å². The second kappa shape index (κ2) is 15.3. The average Bonchev–Trinajstić information content (AvgIpc) is 3.58. The van der Waals surface area contributed by atoms with Crippen LogP contribution in [-0.4, -0.2) is 64.6 Å². The minimum atomic E-state index is -3.82. The molecule has 1 aliphatic rings. The molecule has 1 amide bonds. The first-order valence-electron chi connectivity index (χ1n) is 16.6. The van der Waals surface area contributed by atoms with E-state index >= 15 is 0 Å². The van der Waals surface area contributed by atoms with Crippen molar-refractivity contribution in [3.63, 3.8) is 0 Å². The van der Waals surface area contributed by atoms with Crippen molar-refractivity contribution in [3.8, 4) is 16.9 Å². The molecule has 0 saturated heterocycles. The van der Waals surface area contributed by atoms with Crippen molar-refractivity contribution in [2.75, 3.05) is 24.7 Å². The molecule has 0 unspecified atom stereocenters. The Balaban J connectivity index is 1.39. The third-order valence-electron chi connectivity index (χ3n) is 9.33. The van der Waals surface area contributed by atoms with Gasteiger partial charge < -0.3 is 20.1 Å². The highest BCUT2D eigenvalue weighted by Gasteiger charge is 2.27. The SMILES string of the molecule is Cc1cc(OCCCc2c(C(=O)CS(=O)(=O)CCNC(=O)C3CCCCC3)[nH]c3c(-c4c(CO)nn(C)c4C)cccc23)cc(C)c1Cl. The molecule has 1 saturated carbocycles. The van der Waals surface area contributed by atoms with Gasteiger partial charge in [0, 0.05) is 46.7 Å². The van der Waals surface area contributed by atoms with E-state index in [1.165, 1.54) is 0 Å². The highest BCUT2D eigenvalue weighted by Crippen LogP contribution is 2.36. The number of H-pyrrole nitrogens is 1. The summed E-state index contributed by atoms with van der Waals surface area (Å²) in [7, 11) is -2.02. The van der Waals surface area contributed by atoms with Crippen LogP contribution in [0.5, 0.6) is 5.75 Å². The minimum Gasteiger partial charge on any atom is -0.494 e. The van der Waals surface area contributed by atoms with E-state index in [0.29, 0.717) is 47.0 Å². The molecule has 12 heteroatoms. The first-order valence-corrected chi connectivity index (χ1v) is 18.8. The molecule has 48 heavy (non-hydrogen) atoms. The van der Waals surface area contributed by atoms with Gasteiger partial charge in [-0.1, -0.05) is 49.1 Å². The van der Waals surface area contributed by atoms with Crippen molar-refractivity contribution in [1.29, 1.82) is 0 Å². The van der Waals surface area contributed by atoms with Crippen LogP contribution in [-0.2, 0) is 34.7 Å². The highest BCUT2D eigenvalue weighted by atomic mass is 35.5. The molecule has 1 fully saturated rings. The van der Waals surface area contributed by atoms with Crippen LogP contribution in [0.2, 0.25) is 5.02 Å². The Morgan fingerprint density at radius 1 is 1.12 bits per heavy atom. The van der Waals surface area contributed by atoms with Crippen LogP contribution in [0.3, 0.4) is 0 Å². The van der Waals surface area contributed by atoms with Crippen LogP contribution in [0.1, 0.15) is 77.1 Å². The average molecular weight is 697 g/mol. The molecule has 0 bridgehead atoms. The number of rotatable bonds is 14. The lowest BCUT2D eigenvalue weighted by Gasteiger charge is -2.20. The van der Waals surface area contributed by atoms with Crippen molar-refractivity contribution in [3.05, 3.63) is 69.1 Å². The zero-order valence-corrected chi connectivity index (χ0v) is 29.7. The van der Waals surface area contributed by atoms with Gasteiger partial charge in [-0.25, -0.2) is 8.42 Å². The van der Waals surface area contributed by atoms with Crippen molar-refractivity contribution < 1.29 is 27.9 Å². The Morgan fingerprint density at radius 3 is 2.52 bits per heavy atom. The number of sulfone groups is 1. The summed E-state index contributed by atoms with van der Waals surface area (Å²) in [6.07, 6.45) is 5.80. The maximum absolute atomic E-state index is 13.8. The second-order valence-corrected chi connectivity index (χ2v) is 15.4. The van der Waals surface area contributed by atoms with E-state index < -0.39 is 21.4 Å². The number of amides is 1. The normalized spacial score (nSPS) is 14.0. The van der Waals surface area contributed by atoms with Gasteiger partial charge in [0.2, 0.25) is 5.91 Å². The van der Waals surface area contributed by atoms with Crippen molar-refractivity contribution in [2.45, 2.75) is 72.3 Å². The number of aromatic amines is 1. The van der Waals surface area contributed by atoms with E-state index in [2.05, 4.69) is 15.4 Å². The summed E-state index contributed by atoms with van der Waals surface area (Å²) in [6.45, 7) is 5.84. The third kappa shape index (κ3) is 7.96. The maximum atomic E-state index is 13.8. The molecule has 0 spiro atoms. The smallest absolute Gasteiger partial charge is 0.223 e. The lowest BCUT2D eigenvalue weighted by molar-refractivity contribution is -0.125. The van der Waals surface area contributed by atoms with Gasteiger partial charge >= 0.3 is 0 Å². The Morgan fingerprint density at radius 2 is 1.83 bits per heavy atom. The molecule has 0 radical (unpaired) electrons. The van der Waals surface area contributed by atoms with Gasteiger partial charge in [0.1, 0.15) is 11.5 Å². The number of nitrogens with one attached hydrogen (secondary N) is 2. The molecular weight excluding hydrogens is 652 g/mol. The molecule has 2 aromatic heterocycles. The lowest BCUT2D eigenvalue weighted by atomic mass is 9.89. The number of ketones is 1. The molecule has 5 rings (SSSR count). The van der Waals surface area contributed by atoms with Gasteiger partial charge in [-0.3, -0.25) is 14.3 Å². The number of benzene rings is 2. The summed E-state index contributed by atoms with van der Waals surface area (Å²) >= 11 is 6.32. The Hall–Kier alpha value is -3.67. The van der Waals surface area contributed by atoms with Crippen LogP contribution in [0.25, 0.3) is 22.0 Å². The summed E-state index contributed by atoms with van der Waals surface area (Å²) in [5, 5.41) is 18.8. The predicted molar refractivity (Wildman–Crippen MR) is 188 cm³/mol. The number of hydrogen-bond acceptors (Lipinski definition) is 7. The Bertz CT molecular complexity index is 1900. The number of aliphatic hydroxyl groups excluding tert-OH is 1. The number of carbonyl (C=O) groups is 2. The number of carbonyl (C=O) groups excluding carboxylic acids is 2. The number of hydrogen-bond donors (Lipinski definition) is 3.